The van der Waals surface area contributed by atoms with E-state index in [1.807, 2.05) is 84.9 Å². The van der Waals surface area contributed by atoms with Crippen LogP contribution in [0.2, 0.25) is 0 Å². The first-order valence-corrected chi connectivity index (χ1v) is 12.0. The van der Waals surface area contributed by atoms with Gasteiger partial charge in [0.15, 0.2) is 0 Å². The van der Waals surface area contributed by atoms with Crippen LogP contribution in [0.5, 0.6) is 0 Å². The topological polar surface area (TPSA) is 139 Å². The van der Waals surface area contributed by atoms with Gasteiger partial charge in [-0.2, -0.15) is 0 Å². The van der Waals surface area contributed by atoms with Crippen LogP contribution in [0.15, 0.2) is 84.9 Å². The summed E-state index contributed by atoms with van der Waals surface area (Å²) in [6, 6.07) is 25.2. The quantitative estimate of drug-likeness (QED) is 0.268. The largest absolute Gasteiger partial charge is 0.352 e. The third-order valence-corrected chi connectivity index (χ3v) is 5.81. The van der Waals surface area contributed by atoms with Gasteiger partial charge in [0.25, 0.3) is 0 Å². The molecule has 1 atom stereocenters. The van der Waals surface area contributed by atoms with Crippen molar-refractivity contribution in [2.24, 2.45) is 11.5 Å². The number of benzene rings is 3. The molecule has 8 heteroatoms. The molecule has 0 aliphatic heterocycles. The number of carbonyl (C=O) groups excluding carboxylic acids is 3. The van der Waals surface area contributed by atoms with Crippen molar-refractivity contribution in [3.63, 3.8) is 0 Å². The molecule has 0 saturated carbocycles. The number of primary amides is 1. The van der Waals surface area contributed by atoms with Crippen LogP contribution in [-0.4, -0.2) is 30.4 Å². The van der Waals surface area contributed by atoms with Crippen LogP contribution in [0.1, 0.15) is 41.0 Å². The van der Waals surface area contributed by atoms with Crippen molar-refractivity contribution < 1.29 is 14.4 Å². The molecule has 3 rings (SSSR count). The summed E-state index contributed by atoms with van der Waals surface area (Å²) in [6.45, 7) is 1.05. The van der Waals surface area contributed by atoms with Crippen LogP contribution in [0.25, 0.3) is 0 Å². The van der Waals surface area contributed by atoms with Gasteiger partial charge in [0.1, 0.15) is 6.04 Å². The number of amides is 4. The average Bonchev–Trinajstić information content (AvgIpc) is 2.90. The molecule has 0 bridgehead atoms. The molecular weight excluding hydrogens is 454 g/mol. The Morgan fingerprint density at radius 3 is 1.67 bits per heavy atom. The van der Waals surface area contributed by atoms with Crippen LogP contribution in [-0.2, 0) is 22.7 Å². The molecular formula is C28H33N5O3. The number of carbonyl (C=O) groups is 3. The van der Waals surface area contributed by atoms with Crippen LogP contribution >= 0.6 is 0 Å². The molecule has 3 aromatic carbocycles. The molecule has 0 radical (unpaired) electrons. The highest BCUT2D eigenvalue weighted by molar-refractivity contribution is 5.92. The van der Waals surface area contributed by atoms with Gasteiger partial charge < -0.3 is 27.4 Å². The monoisotopic (exact) mass is 487 g/mol. The third-order valence-electron chi connectivity index (χ3n) is 5.81. The lowest BCUT2D eigenvalue weighted by Gasteiger charge is -2.23. The summed E-state index contributed by atoms with van der Waals surface area (Å²) in [6.07, 6.45) is 1.03. The van der Waals surface area contributed by atoms with E-state index in [1.54, 1.807) is 0 Å². The lowest BCUT2D eigenvalue weighted by molar-refractivity contribution is -0.129. The predicted octanol–water partition coefficient (Wildman–Crippen LogP) is 2.53. The van der Waals surface area contributed by atoms with Gasteiger partial charge in [-0.25, -0.2) is 4.79 Å². The molecule has 4 amide bonds. The zero-order valence-corrected chi connectivity index (χ0v) is 20.2. The minimum absolute atomic E-state index is 0.240. The van der Waals surface area contributed by atoms with Crippen molar-refractivity contribution in [2.45, 2.75) is 37.9 Å². The number of nitrogens with two attached hydrogens (primary N) is 2. The normalized spacial score (nSPS) is 11.5. The van der Waals surface area contributed by atoms with Crippen LogP contribution in [0.3, 0.4) is 0 Å². The minimum Gasteiger partial charge on any atom is -0.352 e. The zero-order chi connectivity index (χ0) is 25.8. The molecule has 0 aromatic heterocycles. The first-order chi connectivity index (χ1) is 17.5. The molecule has 0 saturated heterocycles. The fourth-order valence-corrected chi connectivity index (χ4v) is 3.91. The second-order valence-electron chi connectivity index (χ2n) is 8.50. The lowest BCUT2D eigenvalue weighted by atomic mass is 9.90. The van der Waals surface area contributed by atoms with E-state index in [2.05, 4.69) is 16.0 Å². The summed E-state index contributed by atoms with van der Waals surface area (Å²) in [7, 11) is 0. The highest BCUT2D eigenvalue weighted by atomic mass is 16.2. The van der Waals surface area contributed by atoms with E-state index < -0.39 is 18.0 Å². The first kappa shape index (κ1) is 26.4. The van der Waals surface area contributed by atoms with Crippen LogP contribution in [0, 0.1) is 0 Å². The maximum Gasteiger partial charge on any atom is 0.312 e. The van der Waals surface area contributed by atoms with Gasteiger partial charge in [-0.05, 0) is 41.6 Å². The number of rotatable bonds is 12. The second kappa shape index (κ2) is 13.7. The number of nitrogens with one attached hydrogen (secondary N) is 3. The van der Waals surface area contributed by atoms with Crippen molar-refractivity contribution in [3.05, 3.63) is 107 Å². The average molecular weight is 488 g/mol. The van der Waals surface area contributed by atoms with Crippen LogP contribution in [0.4, 0.5) is 4.79 Å². The Balaban J connectivity index is 1.68. The van der Waals surface area contributed by atoms with Crippen molar-refractivity contribution in [1.82, 2.24) is 16.0 Å². The molecule has 3 aromatic rings. The standard InChI is InChI=1S/C28H33N5O3/c29-17-7-12-24(26(34)31-18-20-13-15-21(16-14-20)19-32-28(30)36)33-27(35)25(22-8-3-1-4-9-22)23-10-5-2-6-11-23/h1-6,8-11,13-16,24-25H,7,12,17-19,29H2,(H,31,34)(H,33,35)(H3,30,32,36)/t24-/m1/s1. The fourth-order valence-electron chi connectivity index (χ4n) is 3.91. The first-order valence-electron chi connectivity index (χ1n) is 12.0. The summed E-state index contributed by atoms with van der Waals surface area (Å²) in [4.78, 5) is 37.4. The smallest absolute Gasteiger partial charge is 0.312 e. The summed E-state index contributed by atoms with van der Waals surface area (Å²) in [5.74, 6) is -1.05. The fraction of sp³-hybridized carbons (Fsp3) is 0.250. The van der Waals surface area contributed by atoms with Crippen molar-refractivity contribution in [1.29, 1.82) is 0 Å². The molecule has 188 valence electrons. The van der Waals surface area contributed by atoms with E-state index >= 15 is 0 Å². The second-order valence-corrected chi connectivity index (χ2v) is 8.50. The molecule has 0 aliphatic carbocycles. The number of urea groups is 1. The van der Waals surface area contributed by atoms with E-state index in [0.717, 1.165) is 22.3 Å². The zero-order valence-electron chi connectivity index (χ0n) is 20.2. The Hall–Kier alpha value is -4.17. The van der Waals surface area contributed by atoms with E-state index in [-0.39, 0.29) is 11.8 Å². The molecule has 7 N–H and O–H groups in total. The van der Waals surface area contributed by atoms with Crippen molar-refractivity contribution in [2.75, 3.05) is 6.54 Å². The summed E-state index contributed by atoms with van der Waals surface area (Å²) in [5, 5.41) is 8.42. The van der Waals surface area contributed by atoms with Gasteiger partial charge in [0.05, 0.1) is 5.92 Å². The maximum absolute atomic E-state index is 13.5. The Morgan fingerprint density at radius 1 is 0.694 bits per heavy atom. The van der Waals surface area contributed by atoms with E-state index in [1.165, 1.54) is 0 Å². The third kappa shape index (κ3) is 7.95. The van der Waals surface area contributed by atoms with E-state index in [4.69, 9.17) is 11.5 Å². The van der Waals surface area contributed by atoms with Gasteiger partial charge >= 0.3 is 6.03 Å². The lowest BCUT2D eigenvalue weighted by Crippen LogP contribution is -2.48. The minimum atomic E-state index is -0.713. The van der Waals surface area contributed by atoms with E-state index in [0.29, 0.717) is 32.5 Å². The maximum atomic E-state index is 13.5. The van der Waals surface area contributed by atoms with Gasteiger partial charge in [0.2, 0.25) is 11.8 Å². The Labute approximate surface area is 211 Å². The Bertz CT molecular complexity index is 1080. The number of hydrogen-bond acceptors (Lipinski definition) is 4. The molecule has 0 heterocycles. The summed E-state index contributed by atoms with van der Waals surface area (Å²) >= 11 is 0. The highest BCUT2D eigenvalue weighted by Crippen LogP contribution is 2.25. The van der Waals surface area contributed by atoms with Crippen molar-refractivity contribution in [3.8, 4) is 0 Å². The SMILES string of the molecule is NCCC[C@@H](NC(=O)C(c1ccccc1)c1ccccc1)C(=O)NCc1ccc(CNC(N)=O)cc1. The molecule has 0 unspecified atom stereocenters. The predicted molar refractivity (Wildman–Crippen MR) is 140 cm³/mol. The molecule has 8 nitrogen and oxygen atoms in total. The highest BCUT2D eigenvalue weighted by Gasteiger charge is 2.27. The number of hydrogen-bond donors (Lipinski definition) is 5. The molecule has 36 heavy (non-hydrogen) atoms. The molecule has 0 spiro atoms. The van der Waals surface area contributed by atoms with Gasteiger partial charge in [-0.3, -0.25) is 9.59 Å². The van der Waals surface area contributed by atoms with Crippen molar-refractivity contribution >= 4 is 17.8 Å². The van der Waals surface area contributed by atoms with Gasteiger partial charge in [0, 0.05) is 13.1 Å². The van der Waals surface area contributed by atoms with Gasteiger partial charge in [-0.15, -0.1) is 0 Å². The summed E-state index contributed by atoms with van der Waals surface area (Å²) in [5.41, 5.74) is 14.3. The Morgan fingerprint density at radius 2 is 1.19 bits per heavy atom. The molecule has 0 fully saturated rings. The Kier molecular flexibility index (Phi) is 10.0. The van der Waals surface area contributed by atoms with Gasteiger partial charge in [-0.1, -0.05) is 84.9 Å². The summed E-state index contributed by atoms with van der Waals surface area (Å²) < 4.78 is 0. The molecule has 0 aliphatic rings. The van der Waals surface area contributed by atoms with E-state index in [9.17, 15) is 14.4 Å². The van der Waals surface area contributed by atoms with Crippen LogP contribution < -0.4 is 27.4 Å².